The minimum Gasteiger partial charge on any atom is -0.347 e. The largest absolute Gasteiger partial charge is 0.347 e. The molecule has 1 aromatic rings. The van der Waals surface area contributed by atoms with E-state index < -0.39 is 5.82 Å². The molecule has 4 nitrogen and oxygen atoms in total. The van der Waals surface area contributed by atoms with Crippen LogP contribution in [0, 0.1) is 17.1 Å². The number of halogens is 1. The molecular formula is C10H8FN3O. The summed E-state index contributed by atoms with van der Waals surface area (Å²) in [6.45, 7) is 0.161. The Bertz CT molecular complexity index is 452. The normalized spacial score (nSPS) is 14.1. The lowest BCUT2D eigenvalue weighted by atomic mass is 10.2. The first-order valence-electron chi connectivity index (χ1n) is 4.42. The third-order valence-corrected chi connectivity index (χ3v) is 2.19. The summed E-state index contributed by atoms with van der Waals surface area (Å²) < 4.78 is 13.3. The molecule has 0 aromatic heterocycles. The highest BCUT2D eigenvalue weighted by Crippen LogP contribution is 2.31. The number of nitrogens with one attached hydrogen (secondary N) is 1. The van der Waals surface area contributed by atoms with Gasteiger partial charge in [0.25, 0.3) is 0 Å². The lowest BCUT2D eigenvalue weighted by Crippen LogP contribution is -2.38. The van der Waals surface area contributed by atoms with Crippen LogP contribution < -0.4 is 10.2 Å². The van der Waals surface area contributed by atoms with Crippen LogP contribution in [0.4, 0.5) is 15.8 Å². The Morgan fingerprint density at radius 1 is 1.60 bits per heavy atom. The molecule has 15 heavy (non-hydrogen) atoms. The molecule has 5 heteroatoms. The Labute approximate surface area is 85.9 Å². The molecule has 1 aliphatic heterocycles. The first-order valence-corrected chi connectivity index (χ1v) is 4.42. The number of para-hydroxylation sites is 1. The standard InChI is InChI=1S/C10H8FN3O/c11-7-2-1-3-8-10(7)13-9(15)6-14(8)5-4-12/h1-3H,5-6H2,(H,13,15). The number of nitrogens with zero attached hydrogens (tertiary/aromatic N) is 2. The zero-order chi connectivity index (χ0) is 10.8. The minimum absolute atomic E-state index is 0.0733. The average Bonchev–Trinajstić information content (AvgIpc) is 2.20. The molecule has 0 atom stereocenters. The third-order valence-electron chi connectivity index (χ3n) is 2.19. The number of carbonyl (C=O) groups excluding carboxylic acids is 1. The zero-order valence-corrected chi connectivity index (χ0v) is 7.83. The summed E-state index contributed by atoms with van der Waals surface area (Å²) in [7, 11) is 0. The second-order valence-electron chi connectivity index (χ2n) is 3.20. The zero-order valence-electron chi connectivity index (χ0n) is 7.83. The van der Waals surface area contributed by atoms with Crippen LogP contribution in [-0.2, 0) is 4.79 Å². The van der Waals surface area contributed by atoms with Crippen molar-refractivity contribution in [1.29, 1.82) is 5.26 Å². The van der Waals surface area contributed by atoms with Crippen LogP contribution in [-0.4, -0.2) is 19.0 Å². The van der Waals surface area contributed by atoms with Crippen molar-refractivity contribution >= 4 is 17.3 Å². The van der Waals surface area contributed by atoms with Crippen LogP contribution in [0.2, 0.25) is 0 Å². The number of hydrogen-bond donors (Lipinski definition) is 1. The molecule has 0 unspecified atom stereocenters. The predicted molar refractivity (Wildman–Crippen MR) is 52.9 cm³/mol. The maximum absolute atomic E-state index is 13.3. The van der Waals surface area contributed by atoms with Gasteiger partial charge in [0.15, 0.2) is 0 Å². The van der Waals surface area contributed by atoms with E-state index in [1.165, 1.54) is 11.0 Å². The number of hydrogen-bond acceptors (Lipinski definition) is 3. The Morgan fingerprint density at radius 2 is 2.40 bits per heavy atom. The lowest BCUT2D eigenvalue weighted by molar-refractivity contribution is -0.115. The summed E-state index contributed by atoms with van der Waals surface area (Å²) in [5.41, 5.74) is 0.708. The van der Waals surface area contributed by atoms with Gasteiger partial charge in [0.05, 0.1) is 18.3 Å². The van der Waals surface area contributed by atoms with Crippen molar-refractivity contribution in [2.75, 3.05) is 23.3 Å². The number of fused-ring (bicyclic) bond motifs is 1. The molecule has 1 amide bonds. The molecule has 1 heterocycles. The molecule has 0 saturated heterocycles. The summed E-state index contributed by atoms with van der Waals surface area (Å²) in [6, 6.07) is 6.44. The number of nitriles is 1. The van der Waals surface area contributed by atoms with Gasteiger partial charge >= 0.3 is 0 Å². The van der Waals surface area contributed by atoms with Gasteiger partial charge in [0.1, 0.15) is 18.0 Å². The van der Waals surface area contributed by atoms with Crippen LogP contribution in [0.1, 0.15) is 0 Å². The summed E-state index contributed by atoms with van der Waals surface area (Å²) in [4.78, 5) is 12.8. The van der Waals surface area contributed by atoms with Gasteiger partial charge in [-0.15, -0.1) is 0 Å². The van der Waals surface area contributed by atoms with Gasteiger partial charge < -0.3 is 10.2 Å². The van der Waals surface area contributed by atoms with Crippen molar-refractivity contribution in [2.24, 2.45) is 0 Å². The van der Waals surface area contributed by atoms with Crippen LogP contribution >= 0.6 is 0 Å². The smallest absolute Gasteiger partial charge is 0.244 e. The first-order chi connectivity index (χ1) is 7.22. The van der Waals surface area contributed by atoms with Crippen LogP contribution in [0.15, 0.2) is 18.2 Å². The van der Waals surface area contributed by atoms with E-state index in [-0.39, 0.29) is 24.7 Å². The molecular weight excluding hydrogens is 197 g/mol. The molecule has 0 saturated carbocycles. The summed E-state index contributed by atoms with van der Waals surface area (Å²) in [6.07, 6.45) is 0. The van der Waals surface area contributed by atoms with E-state index in [9.17, 15) is 9.18 Å². The fraction of sp³-hybridized carbons (Fsp3) is 0.200. The molecule has 0 radical (unpaired) electrons. The Kier molecular flexibility index (Phi) is 2.26. The minimum atomic E-state index is -0.483. The summed E-state index contributed by atoms with van der Waals surface area (Å²) in [5, 5.41) is 11.0. The molecule has 0 spiro atoms. The van der Waals surface area contributed by atoms with Gasteiger partial charge in [-0.1, -0.05) is 6.07 Å². The van der Waals surface area contributed by atoms with Crippen molar-refractivity contribution in [1.82, 2.24) is 0 Å². The second kappa shape index (κ2) is 3.58. The highest BCUT2D eigenvalue weighted by Gasteiger charge is 2.23. The molecule has 0 aliphatic carbocycles. The van der Waals surface area contributed by atoms with E-state index in [2.05, 4.69) is 5.32 Å². The Hall–Kier alpha value is -2.09. The van der Waals surface area contributed by atoms with E-state index in [0.717, 1.165) is 0 Å². The summed E-state index contributed by atoms with van der Waals surface area (Å²) in [5.74, 6) is -0.786. The predicted octanol–water partition coefficient (Wildman–Crippen LogP) is 1.11. The van der Waals surface area contributed by atoms with E-state index in [1.54, 1.807) is 12.1 Å². The van der Waals surface area contributed by atoms with Gasteiger partial charge in [-0.05, 0) is 12.1 Å². The number of amides is 1. The molecule has 1 N–H and O–H groups in total. The third kappa shape index (κ3) is 1.62. The van der Waals surface area contributed by atoms with Crippen LogP contribution in [0.5, 0.6) is 0 Å². The van der Waals surface area contributed by atoms with Gasteiger partial charge in [0, 0.05) is 0 Å². The van der Waals surface area contributed by atoms with Gasteiger partial charge in [-0.2, -0.15) is 5.26 Å². The monoisotopic (exact) mass is 205 g/mol. The Balaban J connectivity index is 2.47. The van der Waals surface area contributed by atoms with Crippen LogP contribution in [0.3, 0.4) is 0 Å². The van der Waals surface area contributed by atoms with Gasteiger partial charge in [-0.25, -0.2) is 4.39 Å². The Morgan fingerprint density at radius 3 is 3.13 bits per heavy atom. The van der Waals surface area contributed by atoms with E-state index >= 15 is 0 Å². The topological polar surface area (TPSA) is 56.1 Å². The van der Waals surface area contributed by atoms with Gasteiger partial charge in [0.2, 0.25) is 5.91 Å². The summed E-state index contributed by atoms with van der Waals surface area (Å²) >= 11 is 0. The number of anilines is 2. The highest BCUT2D eigenvalue weighted by molar-refractivity contribution is 6.01. The fourth-order valence-corrected chi connectivity index (χ4v) is 1.56. The maximum Gasteiger partial charge on any atom is 0.244 e. The SMILES string of the molecule is N#CCN1CC(=O)Nc2c(F)cccc21. The van der Waals surface area contributed by atoms with Crippen molar-refractivity contribution in [3.63, 3.8) is 0 Å². The number of carbonyl (C=O) groups is 1. The van der Waals surface area contributed by atoms with Crippen LogP contribution in [0.25, 0.3) is 0 Å². The quantitative estimate of drug-likeness (QED) is 0.698. The van der Waals surface area contributed by atoms with Crippen molar-refractivity contribution in [3.8, 4) is 6.07 Å². The van der Waals surface area contributed by atoms with Crippen molar-refractivity contribution in [2.45, 2.75) is 0 Å². The maximum atomic E-state index is 13.3. The molecule has 1 aliphatic rings. The van der Waals surface area contributed by atoms with Gasteiger partial charge in [-0.3, -0.25) is 4.79 Å². The molecule has 0 bridgehead atoms. The highest BCUT2D eigenvalue weighted by atomic mass is 19.1. The van der Waals surface area contributed by atoms with E-state index in [4.69, 9.17) is 5.26 Å². The van der Waals surface area contributed by atoms with E-state index in [0.29, 0.717) is 5.69 Å². The number of benzene rings is 1. The second-order valence-corrected chi connectivity index (χ2v) is 3.20. The van der Waals surface area contributed by atoms with Crippen molar-refractivity contribution in [3.05, 3.63) is 24.0 Å². The molecule has 1 aromatic carbocycles. The fourth-order valence-electron chi connectivity index (χ4n) is 1.56. The van der Waals surface area contributed by atoms with E-state index in [1.807, 2.05) is 6.07 Å². The first kappa shape index (κ1) is 9.46. The molecule has 2 rings (SSSR count). The lowest BCUT2D eigenvalue weighted by Gasteiger charge is -2.28. The molecule has 0 fully saturated rings. The average molecular weight is 205 g/mol. The molecule has 76 valence electrons. The van der Waals surface area contributed by atoms with Crippen molar-refractivity contribution < 1.29 is 9.18 Å². The number of rotatable bonds is 1.